The minimum Gasteiger partial charge on any atom is -0.388 e. The van der Waals surface area contributed by atoms with Crippen LogP contribution in [0.15, 0.2) is 10.3 Å². The molecule has 4 nitrogen and oxygen atoms in total. The molecule has 1 N–H and O–H groups in total. The van der Waals surface area contributed by atoms with E-state index in [0.717, 1.165) is 0 Å². The van der Waals surface area contributed by atoms with Crippen molar-refractivity contribution in [3.8, 4) is 0 Å². The maximum absolute atomic E-state index is 10.8. The molecular weight excluding hydrogens is 234 g/mol. The summed E-state index contributed by atoms with van der Waals surface area (Å²) in [5.74, 6) is 0. The fourth-order valence-corrected chi connectivity index (χ4v) is 3.55. The first-order valence-corrected chi connectivity index (χ1v) is 6.24. The van der Waals surface area contributed by atoms with Gasteiger partial charge in [-0.3, -0.25) is 10.1 Å². The number of nitrogens with zero attached hydrogens (tertiary/aromatic N) is 1. The molecule has 1 aromatic rings. The van der Waals surface area contributed by atoms with Crippen molar-refractivity contribution >= 4 is 28.8 Å². The Kier molecular flexibility index (Phi) is 4.12. The van der Waals surface area contributed by atoms with Crippen LogP contribution in [-0.4, -0.2) is 15.3 Å². The highest BCUT2D eigenvalue weighted by atomic mass is 32.2. The molecule has 0 aliphatic heterocycles. The number of rotatable bonds is 4. The van der Waals surface area contributed by atoms with Crippen molar-refractivity contribution in [1.82, 2.24) is 0 Å². The summed E-state index contributed by atoms with van der Waals surface area (Å²) in [5, 5.41) is 20.4. The molecule has 1 rings (SSSR count). The van der Waals surface area contributed by atoms with Crippen molar-refractivity contribution < 1.29 is 10.0 Å². The maximum atomic E-state index is 10.8. The molecule has 0 saturated carbocycles. The third-order valence-corrected chi connectivity index (χ3v) is 4.17. The van der Waals surface area contributed by atoms with E-state index in [1.807, 2.05) is 13.8 Å². The Morgan fingerprint density at radius 3 is 2.53 bits per heavy atom. The molecule has 0 spiro atoms. The lowest BCUT2D eigenvalue weighted by atomic mass is 10.3. The van der Waals surface area contributed by atoms with Gasteiger partial charge in [-0.15, -0.1) is 23.1 Å². The molecule has 0 unspecified atom stereocenters. The minimum atomic E-state index is -0.643. The van der Waals surface area contributed by atoms with E-state index in [0.29, 0.717) is 14.3 Å². The van der Waals surface area contributed by atoms with E-state index < -0.39 is 11.0 Å². The van der Waals surface area contributed by atoms with Crippen LogP contribution in [-0.2, 0) is 0 Å². The van der Waals surface area contributed by atoms with E-state index in [2.05, 4.69) is 0 Å². The summed E-state index contributed by atoms with van der Waals surface area (Å²) < 4.78 is 0.672. The molecule has 0 aliphatic carbocycles. The number of aliphatic hydroxyl groups is 1. The van der Waals surface area contributed by atoms with Crippen LogP contribution < -0.4 is 0 Å². The third-order valence-electron chi connectivity index (χ3n) is 1.65. The fraction of sp³-hybridized carbons (Fsp3) is 0.556. The molecule has 0 saturated heterocycles. The molecule has 1 heterocycles. The van der Waals surface area contributed by atoms with Crippen LogP contribution in [0.1, 0.15) is 31.8 Å². The minimum absolute atomic E-state index is 0.106. The van der Waals surface area contributed by atoms with Crippen molar-refractivity contribution in [2.24, 2.45) is 0 Å². The Labute approximate surface area is 96.5 Å². The molecule has 1 aromatic heterocycles. The fourth-order valence-electron chi connectivity index (χ4n) is 1.01. The van der Waals surface area contributed by atoms with E-state index in [9.17, 15) is 15.2 Å². The largest absolute Gasteiger partial charge is 0.388 e. The quantitative estimate of drug-likeness (QED) is 0.504. The number of hydrogen-bond donors (Lipinski definition) is 1. The summed E-state index contributed by atoms with van der Waals surface area (Å²) in [6.07, 6.45) is -0.643. The Hall–Kier alpha value is -0.590. The zero-order chi connectivity index (χ0) is 11.6. The van der Waals surface area contributed by atoms with Gasteiger partial charge in [-0.2, -0.15) is 0 Å². The van der Waals surface area contributed by atoms with Crippen molar-refractivity contribution in [2.45, 2.75) is 36.3 Å². The molecule has 84 valence electrons. The first-order chi connectivity index (χ1) is 6.91. The van der Waals surface area contributed by atoms with Crippen LogP contribution in [0.5, 0.6) is 0 Å². The van der Waals surface area contributed by atoms with Gasteiger partial charge in [-0.25, -0.2) is 0 Å². The van der Waals surface area contributed by atoms with Crippen LogP contribution in [0.25, 0.3) is 0 Å². The van der Waals surface area contributed by atoms with Gasteiger partial charge in [0.1, 0.15) is 4.21 Å². The van der Waals surface area contributed by atoms with Crippen molar-refractivity contribution in [2.75, 3.05) is 0 Å². The summed E-state index contributed by atoms with van der Waals surface area (Å²) in [6.45, 7) is 5.58. The molecule has 1 atom stereocenters. The SMILES string of the molecule is CC(C)Sc1sc([C@H](C)O)cc1[N+](=O)[O-]. The average molecular weight is 247 g/mol. The van der Waals surface area contributed by atoms with E-state index >= 15 is 0 Å². The summed E-state index contributed by atoms with van der Waals surface area (Å²) in [7, 11) is 0. The van der Waals surface area contributed by atoms with E-state index in [4.69, 9.17) is 0 Å². The number of nitro groups is 1. The summed E-state index contributed by atoms with van der Waals surface area (Å²) >= 11 is 2.75. The van der Waals surface area contributed by atoms with Crippen LogP contribution in [0.2, 0.25) is 0 Å². The normalized spacial score (nSPS) is 13.1. The summed E-state index contributed by atoms with van der Waals surface area (Å²) in [6, 6.07) is 1.46. The van der Waals surface area contributed by atoms with Crippen LogP contribution >= 0.6 is 23.1 Å². The maximum Gasteiger partial charge on any atom is 0.294 e. The Bertz CT molecular complexity index is 360. The van der Waals surface area contributed by atoms with Crippen LogP contribution in [0, 0.1) is 10.1 Å². The monoisotopic (exact) mass is 247 g/mol. The highest BCUT2D eigenvalue weighted by molar-refractivity contribution is 8.01. The van der Waals surface area contributed by atoms with Gasteiger partial charge in [-0.1, -0.05) is 13.8 Å². The van der Waals surface area contributed by atoms with Gasteiger partial charge in [-0.05, 0) is 6.92 Å². The second kappa shape index (κ2) is 4.96. The van der Waals surface area contributed by atoms with Gasteiger partial charge < -0.3 is 5.11 Å². The molecule has 0 amide bonds. The molecule has 6 heteroatoms. The standard InChI is InChI=1S/C9H13NO3S2/c1-5(2)14-9-7(10(12)13)4-8(15-9)6(3)11/h4-6,11H,1-3H3/t6-/m0/s1. The number of thiophene rings is 1. The Balaban J connectivity index is 3.06. The zero-order valence-electron chi connectivity index (χ0n) is 8.76. The first kappa shape index (κ1) is 12.5. The highest BCUT2D eigenvalue weighted by Crippen LogP contribution is 2.41. The number of aliphatic hydroxyl groups excluding tert-OH is 1. The molecule has 0 radical (unpaired) electrons. The molecule has 0 aromatic carbocycles. The Morgan fingerprint density at radius 2 is 2.13 bits per heavy atom. The molecule has 0 fully saturated rings. The van der Waals surface area contributed by atoms with Crippen LogP contribution in [0.4, 0.5) is 5.69 Å². The van der Waals surface area contributed by atoms with E-state index in [-0.39, 0.29) is 5.69 Å². The van der Waals surface area contributed by atoms with Crippen LogP contribution in [0.3, 0.4) is 0 Å². The predicted molar refractivity (Wildman–Crippen MR) is 62.6 cm³/mol. The molecule has 0 aliphatic rings. The van der Waals surface area contributed by atoms with Gasteiger partial charge in [0.25, 0.3) is 5.69 Å². The summed E-state index contributed by atoms with van der Waals surface area (Å²) in [4.78, 5) is 11.0. The van der Waals surface area contributed by atoms with Gasteiger partial charge in [0, 0.05) is 16.2 Å². The molecular formula is C9H13NO3S2. The lowest BCUT2D eigenvalue weighted by Crippen LogP contribution is -1.89. The third kappa shape index (κ3) is 3.19. The van der Waals surface area contributed by atoms with Gasteiger partial charge in [0.05, 0.1) is 11.0 Å². The van der Waals surface area contributed by atoms with E-state index in [1.54, 1.807) is 6.92 Å². The second-order valence-corrected chi connectivity index (χ2v) is 6.35. The van der Waals surface area contributed by atoms with Gasteiger partial charge in [0.2, 0.25) is 0 Å². The van der Waals surface area contributed by atoms with E-state index in [1.165, 1.54) is 29.2 Å². The predicted octanol–water partition coefficient (Wildman–Crippen LogP) is 3.21. The first-order valence-electron chi connectivity index (χ1n) is 4.54. The smallest absolute Gasteiger partial charge is 0.294 e. The highest BCUT2D eigenvalue weighted by Gasteiger charge is 2.21. The van der Waals surface area contributed by atoms with Gasteiger partial charge >= 0.3 is 0 Å². The van der Waals surface area contributed by atoms with Crippen molar-refractivity contribution in [3.05, 3.63) is 21.1 Å². The molecule has 15 heavy (non-hydrogen) atoms. The van der Waals surface area contributed by atoms with Gasteiger partial charge in [0.15, 0.2) is 0 Å². The van der Waals surface area contributed by atoms with Crippen molar-refractivity contribution in [3.63, 3.8) is 0 Å². The van der Waals surface area contributed by atoms with Crippen molar-refractivity contribution in [1.29, 1.82) is 0 Å². The topological polar surface area (TPSA) is 63.4 Å². The zero-order valence-corrected chi connectivity index (χ0v) is 10.4. The second-order valence-electron chi connectivity index (χ2n) is 3.42. The lowest BCUT2D eigenvalue weighted by Gasteiger charge is -2.00. The molecule has 0 bridgehead atoms. The average Bonchev–Trinajstić information content (AvgIpc) is 2.46. The lowest BCUT2D eigenvalue weighted by molar-refractivity contribution is -0.387. The number of thioether (sulfide) groups is 1. The number of hydrogen-bond acceptors (Lipinski definition) is 5. The summed E-state index contributed by atoms with van der Waals surface area (Å²) in [5.41, 5.74) is 0.106. The Morgan fingerprint density at radius 1 is 1.53 bits per heavy atom.